The number of rotatable bonds is 5. The molecule has 1 unspecified atom stereocenters. The van der Waals surface area contributed by atoms with E-state index in [1.807, 2.05) is 12.1 Å². The Kier molecular flexibility index (Phi) is 6.03. The fourth-order valence-electron chi connectivity index (χ4n) is 3.28. The predicted molar refractivity (Wildman–Crippen MR) is 86.4 cm³/mol. The van der Waals surface area contributed by atoms with Crippen LogP contribution >= 0.6 is 15.9 Å². The van der Waals surface area contributed by atoms with Gasteiger partial charge >= 0.3 is 0 Å². The molecule has 1 atom stereocenters. The third-order valence-electron chi connectivity index (χ3n) is 4.54. The average Bonchev–Trinajstić information content (AvgIpc) is 2.43. The number of hydrogen-bond donors (Lipinski definition) is 1. The minimum atomic E-state index is -0.180. The summed E-state index contributed by atoms with van der Waals surface area (Å²) in [6, 6.07) is 5.91. The smallest absolute Gasteiger partial charge is 0.137 e. The lowest BCUT2D eigenvalue weighted by molar-refractivity contribution is 0.230. The van der Waals surface area contributed by atoms with Crippen molar-refractivity contribution in [3.8, 4) is 0 Å². The summed E-state index contributed by atoms with van der Waals surface area (Å²) in [7, 11) is 0. The molecule has 0 radical (unpaired) electrons. The van der Waals surface area contributed by atoms with Gasteiger partial charge in [-0.15, -0.1) is 0 Å². The molecule has 1 fully saturated rings. The number of benzene rings is 1. The molecule has 0 spiro atoms. The monoisotopic (exact) mass is 341 g/mol. The fraction of sp³-hybridized carbons (Fsp3) is 0.647. The number of nitrogens with one attached hydrogen (secondary N) is 1. The van der Waals surface area contributed by atoms with Gasteiger partial charge in [-0.05, 0) is 71.3 Å². The van der Waals surface area contributed by atoms with E-state index in [0.717, 1.165) is 24.8 Å². The first-order valence-corrected chi connectivity index (χ1v) is 8.56. The van der Waals surface area contributed by atoms with Crippen LogP contribution in [0.2, 0.25) is 0 Å². The molecule has 1 aliphatic carbocycles. The van der Waals surface area contributed by atoms with E-state index in [0.29, 0.717) is 10.5 Å². The fourth-order valence-corrected chi connectivity index (χ4v) is 3.70. The van der Waals surface area contributed by atoms with Crippen molar-refractivity contribution in [3.05, 3.63) is 34.1 Å². The predicted octanol–water partition coefficient (Wildman–Crippen LogP) is 4.94. The van der Waals surface area contributed by atoms with Gasteiger partial charge in [0, 0.05) is 6.04 Å². The summed E-state index contributed by atoms with van der Waals surface area (Å²) in [6.45, 7) is 5.52. The molecule has 1 aromatic carbocycles. The van der Waals surface area contributed by atoms with E-state index in [2.05, 4.69) is 35.1 Å². The first-order chi connectivity index (χ1) is 9.60. The van der Waals surface area contributed by atoms with Gasteiger partial charge < -0.3 is 5.32 Å². The summed E-state index contributed by atoms with van der Waals surface area (Å²) in [6.07, 6.45) is 6.33. The zero-order valence-corrected chi connectivity index (χ0v) is 14.0. The zero-order chi connectivity index (χ0) is 14.5. The largest absolute Gasteiger partial charge is 0.314 e. The molecule has 0 amide bonds. The quantitative estimate of drug-likeness (QED) is 0.800. The second kappa shape index (κ2) is 7.56. The van der Waals surface area contributed by atoms with Gasteiger partial charge in [0.1, 0.15) is 5.82 Å². The third-order valence-corrected chi connectivity index (χ3v) is 5.14. The van der Waals surface area contributed by atoms with Crippen molar-refractivity contribution >= 4 is 15.9 Å². The Morgan fingerprint density at radius 3 is 2.60 bits per heavy atom. The Hall–Kier alpha value is -0.410. The molecule has 0 bridgehead atoms. The molecule has 0 saturated heterocycles. The average molecular weight is 342 g/mol. The van der Waals surface area contributed by atoms with Gasteiger partial charge in [-0.25, -0.2) is 4.39 Å². The van der Waals surface area contributed by atoms with Gasteiger partial charge in [0.15, 0.2) is 0 Å². The van der Waals surface area contributed by atoms with Gasteiger partial charge in [-0.1, -0.05) is 32.8 Å². The van der Waals surface area contributed by atoms with Crippen LogP contribution in [0.1, 0.15) is 45.1 Å². The number of likely N-dealkylation sites (N-methyl/N-ethyl adjacent to an activating group) is 1. The molecular weight excluding hydrogens is 317 g/mol. The highest BCUT2D eigenvalue weighted by molar-refractivity contribution is 9.10. The van der Waals surface area contributed by atoms with E-state index < -0.39 is 0 Å². The summed E-state index contributed by atoms with van der Waals surface area (Å²) in [5.41, 5.74) is 1.21. The molecule has 1 aromatic rings. The molecule has 2 rings (SSSR count). The van der Waals surface area contributed by atoms with Crippen LogP contribution in [0.4, 0.5) is 4.39 Å². The highest BCUT2D eigenvalue weighted by atomic mass is 79.9. The van der Waals surface area contributed by atoms with Gasteiger partial charge in [0.05, 0.1) is 4.47 Å². The zero-order valence-electron chi connectivity index (χ0n) is 12.5. The summed E-state index contributed by atoms with van der Waals surface area (Å²) < 4.78 is 13.9. The van der Waals surface area contributed by atoms with Crippen LogP contribution in [0, 0.1) is 17.7 Å². The highest BCUT2D eigenvalue weighted by Crippen LogP contribution is 2.32. The number of hydrogen-bond acceptors (Lipinski definition) is 1. The summed E-state index contributed by atoms with van der Waals surface area (Å²) in [5, 5.41) is 3.64. The van der Waals surface area contributed by atoms with E-state index in [4.69, 9.17) is 0 Å². The minimum Gasteiger partial charge on any atom is -0.314 e. The van der Waals surface area contributed by atoms with E-state index in [1.165, 1.54) is 31.2 Å². The van der Waals surface area contributed by atoms with E-state index in [-0.39, 0.29) is 5.82 Å². The van der Waals surface area contributed by atoms with E-state index in [1.54, 1.807) is 6.07 Å². The Labute approximate surface area is 130 Å². The van der Waals surface area contributed by atoms with E-state index in [9.17, 15) is 4.39 Å². The SMILES string of the molecule is CCNC(Cc1ccc(F)c(Br)c1)C1CCC(C)CC1. The van der Waals surface area contributed by atoms with Crippen molar-refractivity contribution in [1.29, 1.82) is 0 Å². The molecule has 0 heterocycles. The van der Waals surface area contributed by atoms with Crippen molar-refractivity contribution in [3.63, 3.8) is 0 Å². The molecule has 1 nitrogen and oxygen atoms in total. The molecule has 1 saturated carbocycles. The lowest BCUT2D eigenvalue weighted by atomic mass is 9.77. The Bertz CT molecular complexity index is 427. The van der Waals surface area contributed by atoms with Gasteiger partial charge in [-0.3, -0.25) is 0 Å². The van der Waals surface area contributed by atoms with Crippen LogP contribution in [0.25, 0.3) is 0 Å². The van der Waals surface area contributed by atoms with Crippen LogP contribution in [-0.2, 0) is 6.42 Å². The molecule has 1 aliphatic rings. The van der Waals surface area contributed by atoms with Gasteiger partial charge in [0.2, 0.25) is 0 Å². The third kappa shape index (κ3) is 4.29. The van der Waals surface area contributed by atoms with Gasteiger partial charge in [0.25, 0.3) is 0 Å². The van der Waals surface area contributed by atoms with Crippen molar-refractivity contribution in [2.24, 2.45) is 11.8 Å². The van der Waals surface area contributed by atoms with Crippen molar-refractivity contribution in [2.45, 2.75) is 52.0 Å². The van der Waals surface area contributed by atoms with Crippen molar-refractivity contribution in [2.75, 3.05) is 6.54 Å². The maximum Gasteiger partial charge on any atom is 0.137 e. The standard InChI is InChI=1S/C17H25BrFN/c1-3-20-17(14-7-4-12(2)5-8-14)11-13-6-9-16(19)15(18)10-13/h6,9-10,12,14,17,20H,3-5,7-8,11H2,1-2H3. The first-order valence-electron chi connectivity index (χ1n) is 7.77. The second-order valence-electron chi connectivity index (χ2n) is 6.14. The van der Waals surface area contributed by atoms with Gasteiger partial charge in [-0.2, -0.15) is 0 Å². The Morgan fingerprint density at radius 2 is 2.00 bits per heavy atom. The first kappa shape index (κ1) is 16.0. The topological polar surface area (TPSA) is 12.0 Å². The molecular formula is C17H25BrFN. The Morgan fingerprint density at radius 1 is 1.30 bits per heavy atom. The molecule has 112 valence electrons. The lowest BCUT2D eigenvalue weighted by Gasteiger charge is -2.33. The summed E-state index contributed by atoms with van der Waals surface area (Å²) in [5.74, 6) is 1.46. The maximum atomic E-state index is 13.3. The molecule has 0 aromatic heterocycles. The molecule has 20 heavy (non-hydrogen) atoms. The van der Waals surface area contributed by atoms with Crippen LogP contribution < -0.4 is 5.32 Å². The van der Waals surface area contributed by atoms with E-state index >= 15 is 0 Å². The number of halogens is 2. The van der Waals surface area contributed by atoms with Crippen LogP contribution in [0.3, 0.4) is 0 Å². The minimum absolute atomic E-state index is 0.180. The highest BCUT2D eigenvalue weighted by Gasteiger charge is 2.25. The maximum absolute atomic E-state index is 13.3. The van der Waals surface area contributed by atoms with Crippen molar-refractivity contribution < 1.29 is 4.39 Å². The lowest BCUT2D eigenvalue weighted by Crippen LogP contribution is -2.39. The molecule has 0 aliphatic heterocycles. The normalized spacial score (nSPS) is 24.6. The Balaban J connectivity index is 2.02. The molecule has 3 heteroatoms. The van der Waals surface area contributed by atoms with Crippen LogP contribution in [0.5, 0.6) is 0 Å². The summed E-state index contributed by atoms with van der Waals surface area (Å²) >= 11 is 3.28. The molecule has 1 N–H and O–H groups in total. The van der Waals surface area contributed by atoms with Crippen LogP contribution in [0.15, 0.2) is 22.7 Å². The second-order valence-corrected chi connectivity index (χ2v) is 6.99. The van der Waals surface area contributed by atoms with Crippen molar-refractivity contribution in [1.82, 2.24) is 5.32 Å². The van der Waals surface area contributed by atoms with Crippen LogP contribution in [-0.4, -0.2) is 12.6 Å². The summed E-state index contributed by atoms with van der Waals surface area (Å²) in [4.78, 5) is 0.